The average Bonchev–Trinajstić information content (AvgIpc) is 2.37. The molecule has 0 bridgehead atoms. The number of aryl methyl sites for hydroxylation is 2. The van der Waals surface area contributed by atoms with Crippen molar-refractivity contribution in [1.29, 1.82) is 0 Å². The van der Waals surface area contributed by atoms with E-state index in [1.807, 2.05) is 37.1 Å². The highest BCUT2D eigenvalue weighted by Gasteiger charge is 2.11. The third-order valence-corrected chi connectivity index (χ3v) is 3.79. The largest absolute Gasteiger partial charge is 0.342 e. The van der Waals surface area contributed by atoms with Gasteiger partial charge in [0.15, 0.2) is 0 Å². The van der Waals surface area contributed by atoms with Crippen LogP contribution in [0.1, 0.15) is 40.7 Å². The zero-order chi connectivity index (χ0) is 13.5. The fraction of sp³-hybridized carbons (Fsp3) is 0.533. The van der Waals surface area contributed by atoms with Gasteiger partial charge in [-0.3, -0.25) is 4.79 Å². The van der Waals surface area contributed by atoms with E-state index in [1.54, 1.807) is 0 Å². The number of hydrogen-bond donors (Lipinski definition) is 0. The molecule has 0 aliphatic rings. The van der Waals surface area contributed by atoms with Crippen LogP contribution in [-0.2, 0) is 0 Å². The molecule has 0 N–H and O–H groups in total. The maximum atomic E-state index is 12.2. The van der Waals surface area contributed by atoms with Gasteiger partial charge in [-0.1, -0.05) is 28.4 Å². The Morgan fingerprint density at radius 2 is 1.89 bits per heavy atom. The number of hydrogen-bond acceptors (Lipinski definition) is 1. The molecule has 0 aliphatic carbocycles. The number of carbonyl (C=O) groups is 1. The highest BCUT2D eigenvalue weighted by atomic mass is 79.9. The summed E-state index contributed by atoms with van der Waals surface area (Å²) in [5.41, 5.74) is 3.20. The maximum absolute atomic E-state index is 12.2. The van der Waals surface area contributed by atoms with Crippen LogP contribution in [0, 0.1) is 13.8 Å². The van der Waals surface area contributed by atoms with E-state index in [4.69, 9.17) is 0 Å². The van der Waals surface area contributed by atoms with Crippen LogP contribution in [0.15, 0.2) is 18.2 Å². The number of halogens is 1. The Morgan fingerprint density at radius 1 is 1.17 bits per heavy atom. The Bertz CT molecular complexity index is 403. The zero-order valence-corrected chi connectivity index (χ0v) is 13.1. The third kappa shape index (κ3) is 4.45. The molecule has 100 valence electrons. The Hall–Kier alpha value is -0.830. The first-order chi connectivity index (χ1) is 8.56. The minimum atomic E-state index is 0.122. The van der Waals surface area contributed by atoms with Crippen LogP contribution >= 0.6 is 15.9 Å². The van der Waals surface area contributed by atoms with Crippen molar-refractivity contribution in [3.63, 3.8) is 0 Å². The summed E-state index contributed by atoms with van der Waals surface area (Å²) in [7, 11) is 1.88. The van der Waals surface area contributed by atoms with Crippen LogP contribution in [0.5, 0.6) is 0 Å². The quantitative estimate of drug-likeness (QED) is 0.575. The van der Waals surface area contributed by atoms with Gasteiger partial charge in [-0.05, 0) is 49.9 Å². The monoisotopic (exact) mass is 311 g/mol. The van der Waals surface area contributed by atoms with Crippen LogP contribution in [0.25, 0.3) is 0 Å². The highest BCUT2D eigenvalue weighted by Crippen LogP contribution is 2.12. The Morgan fingerprint density at radius 3 is 2.50 bits per heavy atom. The minimum absolute atomic E-state index is 0.122. The summed E-state index contributed by atoms with van der Waals surface area (Å²) in [4.78, 5) is 14.0. The second kappa shape index (κ2) is 7.57. The lowest BCUT2D eigenvalue weighted by Crippen LogP contribution is -2.27. The van der Waals surface area contributed by atoms with Gasteiger partial charge in [-0.25, -0.2) is 0 Å². The number of benzene rings is 1. The summed E-state index contributed by atoms with van der Waals surface area (Å²) in [6, 6.07) is 5.91. The van der Waals surface area contributed by atoms with Crippen LogP contribution in [0.3, 0.4) is 0 Å². The van der Waals surface area contributed by atoms with Crippen molar-refractivity contribution in [1.82, 2.24) is 4.90 Å². The van der Waals surface area contributed by atoms with Crippen molar-refractivity contribution in [3.8, 4) is 0 Å². The first-order valence-electron chi connectivity index (χ1n) is 6.45. The van der Waals surface area contributed by atoms with Crippen molar-refractivity contribution in [3.05, 3.63) is 34.9 Å². The van der Waals surface area contributed by atoms with E-state index in [0.29, 0.717) is 0 Å². The molecule has 0 atom stereocenters. The van der Waals surface area contributed by atoms with E-state index in [9.17, 15) is 4.79 Å². The number of alkyl halides is 1. The normalized spacial score (nSPS) is 10.4. The summed E-state index contributed by atoms with van der Waals surface area (Å²) < 4.78 is 0. The average molecular weight is 312 g/mol. The van der Waals surface area contributed by atoms with Crippen LogP contribution in [-0.4, -0.2) is 29.7 Å². The summed E-state index contributed by atoms with van der Waals surface area (Å²) >= 11 is 3.42. The van der Waals surface area contributed by atoms with Crippen molar-refractivity contribution in [2.24, 2.45) is 0 Å². The molecule has 0 unspecified atom stereocenters. The first-order valence-corrected chi connectivity index (χ1v) is 7.57. The van der Waals surface area contributed by atoms with E-state index in [1.165, 1.54) is 17.5 Å². The Kier molecular flexibility index (Phi) is 6.41. The molecular formula is C15H22BrNO. The van der Waals surface area contributed by atoms with Gasteiger partial charge < -0.3 is 4.90 Å². The molecular weight excluding hydrogens is 290 g/mol. The number of unbranched alkanes of at least 4 members (excludes halogenated alkanes) is 2. The molecule has 0 saturated carbocycles. The van der Waals surface area contributed by atoms with E-state index in [-0.39, 0.29) is 5.91 Å². The van der Waals surface area contributed by atoms with Gasteiger partial charge in [0, 0.05) is 24.5 Å². The number of carbonyl (C=O) groups excluding carboxylic acids is 1. The van der Waals surface area contributed by atoms with Crippen LogP contribution in [0.2, 0.25) is 0 Å². The summed E-state index contributed by atoms with van der Waals surface area (Å²) in [5.74, 6) is 0.122. The summed E-state index contributed by atoms with van der Waals surface area (Å²) in [6.07, 6.45) is 3.40. The standard InChI is InChI=1S/C15H22BrNO/c1-12-7-8-14(11-13(12)2)15(18)17(3)10-6-4-5-9-16/h7-8,11H,4-6,9-10H2,1-3H3. The fourth-order valence-electron chi connectivity index (χ4n) is 1.82. The van der Waals surface area contributed by atoms with Gasteiger partial charge in [0.25, 0.3) is 5.91 Å². The van der Waals surface area contributed by atoms with Gasteiger partial charge >= 0.3 is 0 Å². The van der Waals surface area contributed by atoms with Gasteiger partial charge in [-0.2, -0.15) is 0 Å². The lowest BCUT2D eigenvalue weighted by Gasteiger charge is -2.17. The molecule has 0 radical (unpaired) electrons. The van der Waals surface area contributed by atoms with Crippen LogP contribution < -0.4 is 0 Å². The van der Waals surface area contributed by atoms with Crippen LogP contribution in [0.4, 0.5) is 0 Å². The van der Waals surface area contributed by atoms with Gasteiger partial charge in [0.1, 0.15) is 0 Å². The Labute approximate surface area is 119 Å². The number of amides is 1. The predicted octanol–water partition coefficient (Wildman–Crippen LogP) is 3.94. The molecule has 0 spiro atoms. The molecule has 0 aliphatic heterocycles. The van der Waals surface area contributed by atoms with Crippen molar-refractivity contribution in [2.75, 3.05) is 18.9 Å². The molecule has 3 heteroatoms. The third-order valence-electron chi connectivity index (χ3n) is 3.23. The van der Waals surface area contributed by atoms with Gasteiger partial charge in [0.2, 0.25) is 0 Å². The zero-order valence-electron chi connectivity index (χ0n) is 11.5. The summed E-state index contributed by atoms with van der Waals surface area (Å²) in [6.45, 7) is 4.94. The number of nitrogens with zero attached hydrogens (tertiary/aromatic N) is 1. The highest BCUT2D eigenvalue weighted by molar-refractivity contribution is 9.09. The SMILES string of the molecule is Cc1ccc(C(=O)N(C)CCCCCBr)cc1C. The van der Waals surface area contributed by atoms with E-state index < -0.39 is 0 Å². The summed E-state index contributed by atoms with van der Waals surface area (Å²) in [5, 5.41) is 1.04. The molecule has 0 saturated heterocycles. The first kappa shape index (κ1) is 15.2. The molecule has 1 amide bonds. The Balaban J connectivity index is 2.54. The molecule has 1 aromatic rings. The molecule has 2 nitrogen and oxygen atoms in total. The molecule has 0 fully saturated rings. The minimum Gasteiger partial charge on any atom is -0.342 e. The van der Waals surface area contributed by atoms with Gasteiger partial charge in [-0.15, -0.1) is 0 Å². The van der Waals surface area contributed by atoms with Crippen molar-refractivity contribution in [2.45, 2.75) is 33.1 Å². The lowest BCUT2D eigenvalue weighted by molar-refractivity contribution is 0.0792. The van der Waals surface area contributed by atoms with E-state index >= 15 is 0 Å². The van der Waals surface area contributed by atoms with Crippen molar-refractivity contribution < 1.29 is 4.79 Å². The second-order valence-corrected chi connectivity index (χ2v) is 5.57. The topological polar surface area (TPSA) is 20.3 Å². The predicted molar refractivity (Wildman–Crippen MR) is 80.5 cm³/mol. The van der Waals surface area contributed by atoms with Gasteiger partial charge in [0.05, 0.1) is 0 Å². The smallest absolute Gasteiger partial charge is 0.253 e. The fourth-order valence-corrected chi connectivity index (χ4v) is 2.21. The lowest BCUT2D eigenvalue weighted by atomic mass is 10.1. The van der Waals surface area contributed by atoms with E-state index in [2.05, 4.69) is 22.9 Å². The van der Waals surface area contributed by atoms with E-state index in [0.717, 1.165) is 30.3 Å². The van der Waals surface area contributed by atoms with Crippen molar-refractivity contribution >= 4 is 21.8 Å². The molecule has 1 rings (SSSR count). The molecule has 1 aromatic carbocycles. The molecule has 0 heterocycles. The number of rotatable bonds is 6. The maximum Gasteiger partial charge on any atom is 0.253 e. The molecule has 0 aromatic heterocycles. The second-order valence-electron chi connectivity index (χ2n) is 4.78. The molecule has 18 heavy (non-hydrogen) atoms.